The van der Waals surface area contributed by atoms with E-state index in [9.17, 15) is 0 Å². The summed E-state index contributed by atoms with van der Waals surface area (Å²) in [6.07, 6.45) is 3.97. The zero-order chi connectivity index (χ0) is 14.5. The standard InChI is InChI=1S/C20H26N/c1-21(17-20-10-6-3-7-11-20)14-12-19(13-15-21)16-18-8-4-2-5-9-18/h2-11,19H,12-17H2,1H3/q+1. The van der Waals surface area contributed by atoms with E-state index in [1.807, 2.05) is 0 Å². The molecular formula is C20H26N+. The average molecular weight is 280 g/mol. The van der Waals surface area contributed by atoms with Crippen LogP contribution in [0, 0.1) is 5.92 Å². The molecule has 0 aromatic heterocycles. The minimum absolute atomic E-state index is 0.870. The highest BCUT2D eigenvalue weighted by atomic mass is 15.3. The normalized spacial score (nSPS) is 25.7. The summed E-state index contributed by atoms with van der Waals surface area (Å²) in [6.45, 7) is 3.80. The van der Waals surface area contributed by atoms with Crippen molar-refractivity contribution in [2.45, 2.75) is 25.8 Å². The Hall–Kier alpha value is -1.60. The zero-order valence-electron chi connectivity index (χ0n) is 13.0. The van der Waals surface area contributed by atoms with E-state index in [2.05, 4.69) is 67.7 Å². The van der Waals surface area contributed by atoms with Gasteiger partial charge >= 0.3 is 0 Å². The quantitative estimate of drug-likeness (QED) is 0.733. The number of rotatable bonds is 4. The topological polar surface area (TPSA) is 0 Å². The van der Waals surface area contributed by atoms with E-state index in [4.69, 9.17) is 0 Å². The van der Waals surface area contributed by atoms with Crippen LogP contribution in [0.25, 0.3) is 0 Å². The van der Waals surface area contributed by atoms with Gasteiger partial charge in [0.2, 0.25) is 0 Å². The molecule has 0 saturated carbocycles. The number of hydrogen-bond acceptors (Lipinski definition) is 0. The lowest BCUT2D eigenvalue weighted by Gasteiger charge is -2.40. The van der Waals surface area contributed by atoms with Crippen LogP contribution in [0.3, 0.4) is 0 Å². The van der Waals surface area contributed by atoms with Crippen molar-refractivity contribution in [3.63, 3.8) is 0 Å². The molecule has 0 atom stereocenters. The molecule has 2 aromatic rings. The molecule has 1 aliphatic rings. The van der Waals surface area contributed by atoms with E-state index in [0.29, 0.717) is 0 Å². The van der Waals surface area contributed by atoms with Gasteiger partial charge in [0.15, 0.2) is 0 Å². The lowest BCUT2D eigenvalue weighted by Crippen LogP contribution is -2.49. The second-order valence-electron chi connectivity index (χ2n) is 6.84. The molecule has 0 aliphatic carbocycles. The lowest BCUT2D eigenvalue weighted by atomic mass is 9.89. The van der Waals surface area contributed by atoms with Gasteiger partial charge in [0, 0.05) is 5.56 Å². The molecular weight excluding hydrogens is 254 g/mol. The summed E-state index contributed by atoms with van der Waals surface area (Å²) in [4.78, 5) is 0. The molecule has 0 amide bonds. The van der Waals surface area contributed by atoms with Gasteiger partial charge in [-0.05, 0) is 30.7 Å². The third-order valence-electron chi connectivity index (χ3n) is 4.93. The van der Waals surface area contributed by atoms with Crippen LogP contribution in [0.1, 0.15) is 24.0 Å². The van der Waals surface area contributed by atoms with E-state index in [0.717, 1.165) is 5.92 Å². The molecule has 0 N–H and O–H groups in total. The number of nitrogens with zero attached hydrogens (tertiary/aromatic N) is 1. The van der Waals surface area contributed by atoms with Crippen molar-refractivity contribution in [2.24, 2.45) is 5.92 Å². The van der Waals surface area contributed by atoms with Gasteiger partial charge in [-0.25, -0.2) is 0 Å². The van der Waals surface area contributed by atoms with Crippen molar-refractivity contribution in [3.8, 4) is 0 Å². The van der Waals surface area contributed by atoms with Gasteiger partial charge in [-0.15, -0.1) is 0 Å². The second kappa shape index (κ2) is 6.44. The lowest BCUT2D eigenvalue weighted by molar-refractivity contribution is -0.928. The minimum Gasteiger partial charge on any atom is -0.322 e. The van der Waals surface area contributed by atoms with E-state index in [-0.39, 0.29) is 0 Å². The molecule has 1 fully saturated rings. The Morgan fingerprint density at radius 2 is 1.33 bits per heavy atom. The average Bonchev–Trinajstić information content (AvgIpc) is 2.52. The molecule has 0 spiro atoms. The van der Waals surface area contributed by atoms with Crippen LogP contribution in [0.5, 0.6) is 0 Å². The summed E-state index contributed by atoms with van der Waals surface area (Å²) in [7, 11) is 2.42. The van der Waals surface area contributed by atoms with Gasteiger partial charge in [0.05, 0.1) is 20.1 Å². The summed E-state index contributed by atoms with van der Waals surface area (Å²) >= 11 is 0. The van der Waals surface area contributed by atoms with Crippen molar-refractivity contribution in [2.75, 3.05) is 20.1 Å². The first-order chi connectivity index (χ1) is 10.2. The zero-order valence-corrected chi connectivity index (χ0v) is 13.0. The van der Waals surface area contributed by atoms with Crippen LogP contribution in [-0.4, -0.2) is 24.6 Å². The number of likely N-dealkylation sites (tertiary alicyclic amines) is 1. The highest BCUT2D eigenvalue weighted by molar-refractivity contribution is 5.15. The molecule has 1 aliphatic heterocycles. The first-order valence-electron chi connectivity index (χ1n) is 8.15. The predicted molar refractivity (Wildman–Crippen MR) is 88.9 cm³/mol. The Morgan fingerprint density at radius 3 is 1.90 bits per heavy atom. The molecule has 0 bridgehead atoms. The first-order valence-corrected chi connectivity index (χ1v) is 8.15. The van der Waals surface area contributed by atoms with Crippen LogP contribution in [0.15, 0.2) is 60.7 Å². The number of quaternary nitrogens is 1. The minimum atomic E-state index is 0.870. The van der Waals surface area contributed by atoms with Gasteiger partial charge in [-0.3, -0.25) is 0 Å². The van der Waals surface area contributed by atoms with Gasteiger partial charge in [-0.1, -0.05) is 60.7 Å². The van der Waals surface area contributed by atoms with Crippen LogP contribution < -0.4 is 0 Å². The fourth-order valence-electron chi connectivity index (χ4n) is 3.58. The molecule has 21 heavy (non-hydrogen) atoms. The molecule has 1 nitrogen and oxygen atoms in total. The van der Waals surface area contributed by atoms with Crippen LogP contribution >= 0.6 is 0 Å². The van der Waals surface area contributed by atoms with Crippen molar-refractivity contribution >= 4 is 0 Å². The van der Waals surface area contributed by atoms with Crippen LogP contribution in [0.2, 0.25) is 0 Å². The smallest absolute Gasteiger partial charge is 0.104 e. The summed E-state index contributed by atoms with van der Waals surface area (Å²) in [5.74, 6) is 0.870. The van der Waals surface area contributed by atoms with Gasteiger partial charge < -0.3 is 4.48 Å². The molecule has 2 aromatic carbocycles. The Morgan fingerprint density at radius 1 is 0.810 bits per heavy atom. The maximum absolute atomic E-state index is 2.42. The Labute approximate surface area is 128 Å². The highest BCUT2D eigenvalue weighted by Gasteiger charge is 2.30. The molecule has 1 heterocycles. The van der Waals surface area contributed by atoms with Gasteiger partial charge in [0.1, 0.15) is 6.54 Å². The second-order valence-corrected chi connectivity index (χ2v) is 6.84. The fourth-order valence-corrected chi connectivity index (χ4v) is 3.58. The Bertz CT molecular complexity index is 539. The SMILES string of the molecule is C[N+]1(Cc2ccccc2)CCC(Cc2ccccc2)CC1. The van der Waals surface area contributed by atoms with E-state index < -0.39 is 0 Å². The Balaban J connectivity index is 1.54. The van der Waals surface area contributed by atoms with E-state index >= 15 is 0 Å². The van der Waals surface area contributed by atoms with Crippen LogP contribution in [-0.2, 0) is 13.0 Å². The number of hydrogen-bond donors (Lipinski definition) is 0. The molecule has 3 rings (SSSR count). The first kappa shape index (κ1) is 14.3. The van der Waals surface area contributed by atoms with Gasteiger partial charge in [0.25, 0.3) is 0 Å². The Kier molecular flexibility index (Phi) is 4.40. The highest BCUT2D eigenvalue weighted by Crippen LogP contribution is 2.27. The molecule has 1 heteroatoms. The summed E-state index contributed by atoms with van der Waals surface area (Å²) < 4.78 is 1.20. The molecule has 1 saturated heterocycles. The fraction of sp³-hybridized carbons (Fsp3) is 0.400. The summed E-state index contributed by atoms with van der Waals surface area (Å²) in [6, 6.07) is 21.9. The van der Waals surface area contributed by atoms with Crippen LogP contribution in [0.4, 0.5) is 0 Å². The maximum atomic E-state index is 2.42. The summed E-state index contributed by atoms with van der Waals surface area (Å²) in [5, 5.41) is 0. The molecule has 0 unspecified atom stereocenters. The molecule has 0 radical (unpaired) electrons. The maximum Gasteiger partial charge on any atom is 0.104 e. The third kappa shape index (κ3) is 3.95. The predicted octanol–water partition coefficient (Wildman–Crippen LogP) is 4.29. The monoisotopic (exact) mass is 280 g/mol. The largest absolute Gasteiger partial charge is 0.322 e. The van der Waals surface area contributed by atoms with E-state index in [1.165, 1.54) is 54.5 Å². The summed E-state index contributed by atoms with van der Waals surface area (Å²) in [5.41, 5.74) is 2.98. The number of piperidine rings is 1. The van der Waals surface area contributed by atoms with Crippen molar-refractivity contribution in [1.82, 2.24) is 0 Å². The number of benzene rings is 2. The van der Waals surface area contributed by atoms with E-state index in [1.54, 1.807) is 0 Å². The van der Waals surface area contributed by atoms with Gasteiger partial charge in [-0.2, -0.15) is 0 Å². The van der Waals surface area contributed by atoms with Crippen molar-refractivity contribution in [3.05, 3.63) is 71.8 Å². The molecule has 110 valence electrons. The third-order valence-corrected chi connectivity index (χ3v) is 4.93. The van der Waals surface area contributed by atoms with Crippen molar-refractivity contribution in [1.29, 1.82) is 0 Å². The van der Waals surface area contributed by atoms with Crippen molar-refractivity contribution < 1.29 is 4.48 Å².